The van der Waals surface area contributed by atoms with Crippen LogP contribution in [-0.2, 0) is 30.2 Å². The van der Waals surface area contributed by atoms with Crippen molar-refractivity contribution in [1.82, 2.24) is 9.55 Å². The SMILES string of the molecule is Cc1nccn1CCP(CCc1ccc(C(C)(C)C)cc1)CCc1ccc(C(C)(C)C)cc1. The van der Waals surface area contributed by atoms with Crippen molar-refractivity contribution in [3.63, 3.8) is 0 Å². The molecule has 0 unspecified atom stereocenters. The van der Waals surface area contributed by atoms with E-state index in [1.165, 1.54) is 53.6 Å². The molecule has 33 heavy (non-hydrogen) atoms. The maximum absolute atomic E-state index is 4.41. The average Bonchev–Trinajstić information content (AvgIpc) is 3.17. The van der Waals surface area contributed by atoms with Gasteiger partial charge in [-0.15, -0.1) is 7.92 Å². The minimum atomic E-state index is -0.0343. The lowest BCUT2D eigenvalue weighted by Crippen LogP contribution is -2.11. The summed E-state index contributed by atoms with van der Waals surface area (Å²) in [5.74, 6) is 1.13. The molecular weight excluding hydrogens is 419 g/mol. The summed E-state index contributed by atoms with van der Waals surface area (Å²) in [6, 6.07) is 18.7. The van der Waals surface area contributed by atoms with E-state index in [2.05, 4.69) is 113 Å². The fourth-order valence-electron chi connectivity index (χ4n) is 4.14. The van der Waals surface area contributed by atoms with Crippen molar-refractivity contribution in [2.45, 2.75) is 78.7 Å². The molecule has 1 heterocycles. The first-order valence-corrected chi connectivity index (χ1v) is 14.3. The highest BCUT2D eigenvalue weighted by atomic mass is 31.1. The van der Waals surface area contributed by atoms with Crippen LogP contribution in [0.3, 0.4) is 0 Å². The van der Waals surface area contributed by atoms with E-state index in [1.54, 1.807) is 0 Å². The Morgan fingerprint density at radius 3 is 1.52 bits per heavy atom. The molecule has 2 aromatic carbocycles. The predicted molar refractivity (Wildman–Crippen MR) is 146 cm³/mol. The van der Waals surface area contributed by atoms with Crippen molar-refractivity contribution >= 4 is 7.92 Å². The lowest BCUT2D eigenvalue weighted by molar-refractivity contribution is 0.589. The van der Waals surface area contributed by atoms with Crippen molar-refractivity contribution in [3.05, 3.63) is 89.0 Å². The van der Waals surface area contributed by atoms with Gasteiger partial charge in [-0.3, -0.25) is 0 Å². The van der Waals surface area contributed by atoms with Gasteiger partial charge in [0.05, 0.1) is 0 Å². The molecule has 0 amide bonds. The molecule has 2 nitrogen and oxygen atoms in total. The van der Waals surface area contributed by atoms with Crippen LogP contribution in [0.15, 0.2) is 60.9 Å². The largest absolute Gasteiger partial charge is 0.335 e. The minimum absolute atomic E-state index is 0.0343. The molecule has 3 aromatic rings. The zero-order valence-corrected chi connectivity index (χ0v) is 22.8. The van der Waals surface area contributed by atoms with E-state index in [9.17, 15) is 0 Å². The van der Waals surface area contributed by atoms with Crippen LogP contribution in [-0.4, -0.2) is 28.0 Å². The molecule has 3 heteroatoms. The van der Waals surface area contributed by atoms with Gasteiger partial charge in [0, 0.05) is 18.9 Å². The number of benzene rings is 2. The molecule has 1 aromatic heterocycles. The maximum atomic E-state index is 4.41. The first-order chi connectivity index (χ1) is 15.5. The number of rotatable bonds is 9. The van der Waals surface area contributed by atoms with Crippen LogP contribution in [0.5, 0.6) is 0 Å². The Bertz CT molecular complexity index is 924. The Morgan fingerprint density at radius 1 is 0.697 bits per heavy atom. The molecule has 3 rings (SSSR count). The van der Waals surface area contributed by atoms with Gasteiger partial charge < -0.3 is 4.57 Å². The summed E-state index contributed by atoms with van der Waals surface area (Å²) in [7, 11) is -0.0343. The molecule has 0 aliphatic heterocycles. The fourth-order valence-corrected chi connectivity index (χ4v) is 6.46. The molecule has 0 aliphatic carbocycles. The zero-order valence-electron chi connectivity index (χ0n) is 21.9. The molecule has 178 valence electrons. The lowest BCUT2D eigenvalue weighted by Gasteiger charge is -2.21. The number of aryl methyl sites for hydroxylation is 4. The Kier molecular flexibility index (Phi) is 8.57. The fraction of sp³-hybridized carbons (Fsp3) is 0.500. The normalized spacial score (nSPS) is 12.5. The van der Waals surface area contributed by atoms with Crippen molar-refractivity contribution in [2.24, 2.45) is 0 Å². The third-order valence-electron chi connectivity index (χ3n) is 6.65. The molecule has 0 radical (unpaired) electrons. The summed E-state index contributed by atoms with van der Waals surface area (Å²) in [5, 5.41) is 0. The van der Waals surface area contributed by atoms with Gasteiger partial charge in [-0.1, -0.05) is 90.1 Å². The molecular formula is C30H43N2P. The van der Waals surface area contributed by atoms with Crippen LogP contribution in [0.2, 0.25) is 0 Å². The quantitative estimate of drug-likeness (QED) is 0.297. The maximum Gasteiger partial charge on any atom is 0.105 e. The van der Waals surface area contributed by atoms with E-state index in [-0.39, 0.29) is 18.8 Å². The lowest BCUT2D eigenvalue weighted by atomic mass is 9.86. The number of aromatic nitrogens is 2. The third kappa shape index (κ3) is 7.82. The van der Waals surface area contributed by atoms with Gasteiger partial charge in [-0.05, 0) is 71.3 Å². The van der Waals surface area contributed by atoms with E-state index in [0.29, 0.717) is 0 Å². The van der Waals surface area contributed by atoms with Gasteiger partial charge in [0.1, 0.15) is 5.82 Å². The van der Waals surface area contributed by atoms with Gasteiger partial charge in [0.25, 0.3) is 0 Å². The van der Waals surface area contributed by atoms with Gasteiger partial charge in [-0.2, -0.15) is 0 Å². The second-order valence-electron chi connectivity index (χ2n) is 11.4. The average molecular weight is 463 g/mol. The zero-order chi connectivity index (χ0) is 24.1. The molecule has 0 spiro atoms. The topological polar surface area (TPSA) is 17.8 Å². The van der Waals surface area contributed by atoms with Crippen LogP contribution in [0.4, 0.5) is 0 Å². The number of hydrogen-bond donors (Lipinski definition) is 0. The van der Waals surface area contributed by atoms with E-state index in [4.69, 9.17) is 0 Å². The standard InChI is InChI=1S/C30H43N2P/c1-24-31-18-19-32(24)20-23-33(21-16-25-8-12-27(13-9-25)29(2,3)4)22-17-26-10-14-28(15-11-26)30(5,6)7/h8-15,18-19H,16-17,20-23H2,1-7H3. The second-order valence-corrected chi connectivity index (χ2v) is 14.1. The summed E-state index contributed by atoms with van der Waals surface area (Å²) in [4.78, 5) is 4.41. The number of imidazole rings is 1. The molecule has 0 bridgehead atoms. The van der Waals surface area contributed by atoms with E-state index >= 15 is 0 Å². The summed E-state index contributed by atoms with van der Waals surface area (Å²) < 4.78 is 2.31. The highest BCUT2D eigenvalue weighted by Crippen LogP contribution is 2.37. The summed E-state index contributed by atoms with van der Waals surface area (Å²) in [5.41, 5.74) is 6.23. The molecule has 0 fully saturated rings. The first-order valence-electron chi connectivity index (χ1n) is 12.4. The predicted octanol–water partition coefficient (Wildman–Crippen LogP) is 7.75. The summed E-state index contributed by atoms with van der Waals surface area (Å²) >= 11 is 0. The Morgan fingerprint density at radius 2 is 1.15 bits per heavy atom. The van der Waals surface area contributed by atoms with Crippen molar-refractivity contribution in [3.8, 4) is 0 Å². The van der Waals surface area contributed by atoms with Crippen molar-refractivity contribution in [1.29, 1.82) is 0 Å². The highest BCUT2D eigenvalue weighted by molar-refractivity contribution is 7.57. The first kappa shape index (κ1) is 25.7. The van der Waals surface area contributed by atoms with Gasteiger partial charge >= 0.3 is 0 Å². The highest BCUT2D eigenvalue weighted by Gasteiger charge is 2.15. The van der Waals surface area contributed by atoms with Crippen LogP contribution < -0.4 is 0 Å². The van der Waals surface area contributed by atoms with Crippen molar-refractivity contribution < 1.29 is 0 Å². The van der Waals surface area contributed by atoms with Gasteiger partial charge in [0.2, 0.25) is 0 Å². The van der Waals surface area contributed by atoms with Crippen LogP contribution in [0, 0.1) is 6.92 Å². The molecule has 0 aliphatic rings. The monoisotopic (exact) mass is 462 g/mol. The molecule has 0 atom stereocenters. The Hall–Kier alpha value is -1.92. The second kappa shape index (κ2) is 11.0. The Labute approximate surface area is 203 Å². The van der Waals surface area contributed by atoms with Crippen LogP contribution in [0.1, 0.15) is 69.6 Å². The van der Waals surface area contributed by atoms with Crippen molar-refractivity contribution in [2.75, 3.05) is 18.5 Å². The molecule has 0 saturated carbocycles. The Balaban J connectivity index is 1.62. The van der Waals surface area contributed by atoms with E-state index < -0.39 is 0 Å². The molecule has 0 saturated heterocycles. The van der Waals surface area contributed by atoms with Gasteiger partial charge in [0.15, 0.2) is 0 Å². The van der Waals surface area contributed by atoms with Gasteiger partial charge in [-0.25, -0.2) is 4.98 Å². The minimum Gasteiger partial charge on any atom is -0.335 e. The summed E-state index contributed by atoms with van der Waals surface area (Å²) in [6.45, 7) is 16.9. The van der Waals surface area contributed by atoms with E-state index in [0.717, 1.165) is 12.4 Å². The number of nitrogens with zero attached hydrogens (tertiary/aromatic N) is 2. The molecule has 0 N–H and O–H groups in total. The smallest absolute Gasteiger partial charge is 0.105 e. The summed E-state index contributed by atoms with van der Waals surface area (Å²) in [6.07, 6.45) is 10.3. The van der Waals surface area contributed by atoms with Crippen LogP contribution in [0.25, 0.3) is 0 Å². The van der Waals surface area contributed by atoms with E-state index in [1.807, 2.05) is 6.20 Å². The third-order valence-corrected chi connectivity index (χ3v) is 9.20. The van der Waals surface area contributed by atoms with Crippen LogP contribution >= 0.6 is 7.92 Å². The number of hydrogen-bond acceptors (Lipinski definition) is 1.